The molecule has 18 heavy (non-hydrogen) atoms. The molecule has 1 atom stereocenters. The fourth-order valence-electron chi connectivity index (χ4n) is 2.53. The van der Waals surface area contributed by atoms with Gasteiger partial charge in [0.2, 0.25) is 5.91 Å². The van der Waals surface area contributed by atoms with Crippen LogP contribution in [0.1, 0.15) is 31.7 Å². The van der Waals surface area contributed by atoms with Crippen LogP contribution in [0.5, 0.6) is 0 Å². The average molecular weight is 246 g/mol. The predicted molar refractivity (Wildman–Crippen MR) is 72.8 cm³/mol. The lowest BCUT2D eigenvalue weighted by molar-refractivity contribution is -0.134. The van der Waals surface area contributed by atoms with E-state index in [9.17, 15) is 4.79 Å². The summed E-state index contributed by atoms with van der Waals surface area (Å²) >= 11 is 0. The number of hydrogen-bond acceptors (Lipinski definition) is 2. The van der Waals surface area contributed by atoms with Gasteiger partial charge in [0.1, 0.15) is 0 Å². The van der Waals surface area contributed by atoms with Crippen molar-refractivity contribution in [3.8, 4) is 0 Å². The van der Waals surface area contributed by atoms with Crippen molar-refractivity contribution in [3.05, 3.63) is 35.9 Å². The lowest BCUT2D eigenvalue weighted by Crippen LogP contribution is -2.46. The fourth-order valence-corrected chi connectivity index (χ4v) is 2.53. The molecule has 0 aromatic heterocycles. The Balaban J connectivity index is 2.07. The largest absolute Gasteiger partial charge is 0.334 e. The maximum atomic E-state index is 12.0. The summed E-state index contributed by atoms with van der Waals surface area (Å²) in [4.78, 5) is 13.9. The Bertz CT molecular complexity index is 387. The van der Waals surface area contributed by atoms with Crippen molar-refractivity contribution in [2.24, 2.45) is 11.7 Å². The Morgan fingerprint density at radius 2 is 2.06 bits per heavy atom. The third-order valence-electron chi connectivity index (χ3n) is 4.01. The number of carbonyl (C=O) groups is 1. The summed E-state index contributed by atoms with van der Waals surface area (Å²) in [5, 5.41) is 0. The molecule has 0 aliphatic heterocycles. The van der Waals surface area contributed by atoms with Gasteiger partial charge < -0.3 is 10.6 Å². The molecule has 3 heteroatoms. The number of nitrogens with two attached hydrogens (primary N) is 1. The highest BCUT2D eigenvalue weighted by Crippen LogP contribution is 2.32. The summed E-state index contributed by atoms with van der Waals surface area (Å²) < 4.78 is 0. The summed E-state index contributed by atoms with van der Waals surface area (Å²) in [6.45, 7) is 2.93. The number of amides is 1. The van der Waals surface area contributed by atoms with Crippen molar-refractivity contribution >= 4 is 5.91 Å². The Kier molecular flexibility index (Phi) is 4.37. The SMILES string of the molecule is C[C@H](C1CCC1)N(Cc1ccccc1)C(=O)CN. The normalized spacial score (nSPS) is 17.0. The topological polar surface area (TPSA) is 46.3 Å². The zero-order valence-electron chi connectivity index (χ0n) is 11.0. The molecule has 2 rings (SSSR count). The first-order chi connectivity index (χ1) is 8.72. The van der Waals surface area contributed by atoms with Crippen molar-refractivity contribution in [2.75, 3.05) is 6.54 Å². The van der Waals surface area contributed by atoms with Crippen LogP contribution in [0, 0.1) is 5.92 Å². The summed E-state index contributed by atoms with van der Waals surface area (Å²) in [7, 11) is 0. The number of carbonyl (C=O) groups excluding carboxylic acids is 1. The van der Waals surface area contributed by atoms with Gasteiger partial charge in [-0.25, -0.2) is 0 Å². The Morgan fingerprint density at radius 1 is 1.39 bits per heavy atom. The summed E-state index contributed by atoms with van der Waals surface area (Å²) in [5.74, 6) is 0.711. The van der Waals surface area contributed by atoms with E-state index in [0.717, 1.165) is 0 Å². The second-order valence-corrected chi connectivity index (χ2v) is 5.14. The van der Waals surface area contributed by atoms with Crippen molar-refractivity contribution in [1.82, 2.24) is 4.90 Å². The van der Waals surface area contributed by atoms with Gasteiger partial charge >= 0.3 is 0 Å². The molecule has 0 radical (unpaired) electrons. The van der Waals surface area contributed by atoms with Crippen LogP contribution < -0.4 is 5.73 Å². The molecule has 2 N–H and O–H groups in total. The van der Waals surface area contributed by atoms with Gasteiger partial charge in [-0.1, -0.05) is 36.8 Å². The Labute approximate surface area is 109 Å². The second kappa shape index (κ2) is 6.01. The van der Waals surface area contributed by atoms with E-state index in [0.29, 0.717) is 18.5 Å². The van der Waals surface area contributed by atoms with Crippen LogP contribution in [0.4, 0.5) is 0 Å². The number of benzene rings is 1. The molecular weight excluding hydrogens is 224 g/mol. The molecule has 1 aromatic rings. The number of hydrogen-bond donors (Lipinski definition) is 1. The second-order valence-electron chi connectivity index (χ2n) is 5.14. The molecule has 1 aromatic carbocycles. The van der Waals surface area contributed by atoms with Crippen LogP contribution in [-0.4, -0.2) is 23.4 Å². The van der Waals surface area contributed by atoms with Crippen LogP contribution in [-0.2, 0) is 11.3 Å². The van der Waals surface area contributed by atoms with Crippen LogP contribution in [0.2, 0.25) is 0 Å². The van der Waals surface area contributed by atoms with Gasteiger partial charge in [-0.15, -0.1) is 0 Å². The molecule has 3 nitrogen and oxygen atoms in total. The average Bonchev–Trinajstić information content (AvgIpc) is 2.34. The van der Waals surface area contributed by atoms with Crippen molar-refractivity contribution in [3.63, 3.8) is 0 Å². The van der Waals surface area contributed by atoms with E-state index in [4.69, 9.17) is 5.73 Å². The molecule has 0 bridgehead atoms. The molecular formula is C15H22N2O. The lowest BCUT2D eigenvalue weighted by atomic mass is 9.79. The predicted octanol–water partition coefficient (Wildman–Crippen LogP) is 2.16. The van der Waals surface area contributed by atoms with Crippen molar-refractivity contribution < 1.29 is 4.79 Å². The van der Waals surface area contributed by atoms with Crippen molar-refractivity contribution in [2.45, 2.75) is 38.8 Å². The minimum absolute atomic E-state index is 0.0539. The highest BCUT2D eigenvalue weighted by molar-refractivity contribution is 5.78. The fraction of sp³-hybridized carbons (Fsp3) is 0.533. The standard InChI is InChI=1S/C15H22N2O/c1-12(14-8-5-9-14)17(15(18)10-16)11-13-6-3-2-4-7-13/h2-4,6-7,12,14H,5,8-11,16H2,1H3/t12-/m1/s1. The molecule has 1 amide bonds. The number of nitrogens with zero attached hydrogens (tertiary/aromatic N) is 1. The zero-order chi connectivity index (χ0) is 13.0. The lowest BCUT2D eigenvalue weighted by Gasteiger charge is -2.39. The molecule has 0 unspecified atom stereocenters. The first-order valence-corrected chi connectivity index (χ1v) is 6.76. The highest BCUT2D eigenvalue weighted by Gasteiger charge is 2.30. The third kappa shape index (κ3) is 2.91. The minimum atomic E-state index is 0.0539. The van der Waals surface area contributed by atoms with Crippen molar-refractivity contribution in [1.29, 1.82) is 0 Å². The van der Waals surface area contributed by atoms with Gasteiger partial charge in [0.25, 0.3) is 0 Å². The monoisotopic (exact) mass is 246 g/mol. The maximum Gasteiger partial charge on any atom is 0.236 e. The summed E-state index contributed by atoms with van der Waals surface area (Å²) in [6, 6.07) is 10.4. The molecule has 1 aliphatic carbocycles. The summed E-state index contributed by atoms with van der Waals surface area (Å²) in [6.07, 6.45) is 3.78. The molecule has 1 saturated carbocycles. The van der Waals surface area contributed by atoms with Crippen LogP contribution in [0.25, 0.3) is 0 Å². The van der Waals surface area contributed by atoms with Gasteiger partial charge in [0.15, 0.2) is 0 Å². The van der Waals surface area contributed by atoms with E-state index >= 15 is 0 Å². The van der Waals surface area contributed by atoms with Gasteiger partial charge in [0.05, 0.1) is 6.54 Å². The molecule has 98 valence electrons. The quantitative estimate of drug-likeness (QED) is 0.865. The van der Waals surface area contributed by atoms with E-state index < -0.39 is 0 Å². The number of rotatable bonds is 5. The van der Waals surface area contributed by atoms with Gasteiger partial charge in [-0.2, -0.15) is 0 Å². The molecule has 1 aliphatic rings. The first kappa shape index (κ1) is 13.1. The van der Waals surface area contributed by atoms with Crippen LogP contribution in [0.3, 0.4) is 0 Å². The van der Waals surface area contributed by atoms with E-state index in [2.05, 4.69) is 19.1 Å². The van der Waals surface area contributed by atoms with E-state index in [1.54, 1.807) is 0 Å². The maximum absolute atomic E-state index is 12.0. The molecule has 1 fully saturated rings. The summed E-state index contributed by atoms with van der Waals surface area (Å²) in [5.41, 5.74) is 6.70. The van der Waals surface area contributed by atoms with Gasteiger partial charge in [-0.3, -0.25) is 4.79 Å². The Hall–Kier alpha value is -1.35. The van der Waals surface area contributed by atoms with E-state index in [1.165, 1.54) is 24.8 Å². The zero-order valence-corrected chi connectivity index (χ0v) is 11.0. The molecule has 0 saturated heterocycles. The molecule has 0 heterocycles. The van der Waals surface area contributed by atoms with Crippen LogP contribution >= 0.6 is 0 Å². The van der Waals surface area contributed by atoms with Gasteiger partial charge in [-0.05, 0) is 31.2 Å². The smallest absolute Gasteiger partial charge is 0.236 e. The molecule has 0 spiro atoms. The van der Waals surface area contributed by atoms with Crippen LogP contribution in [0.15, 0.2) is 30.3 Å². The van der Waals surface area contributed by atoms with Gasteiger partial charge in [0, 0.05) is 12.6 Å². The minimum Gasteiger partial charge on any atom is -0.334 e. The Morgan fingerprint density at radius 3 is 2.56 bits per heavy atom. The first-order valence-electron chi connectivity index (χ1n) is 6.76. The van der Waals surface area contributed by atoms with E-state index in [1.807, 2.05) is 23.1 Å². The van der Waals surface area contributed by atoms with E-state index in [-0.39, 0.29) is 12.5 Å². The third-order valence-corrected chi connectivity index (χ3v) is 4.01. The highest BCUT2D eigenvalue weighted by atomic mass is 16.2.